The first-order valence-corrected chi connectivity index (χ1v) is 16.9. The summed E-state index contributed by atoms with van der Waals surface area (Å²) in [6.07, 6.45) is 18.7. The predicted molar refractivity (Wildman–Crippen MR) is 151 cm³/mol. The Balaban J connectivity index is -0.00000760. The molecule has 0 aromatic rings. The molecule has 0 aliphatic rings. The number of rotatable bonds is 28. The van der Waals surface area contributed by atoms with E-state index in [4.69, 9.17) is 9.47 Å². The van der Waals surface area contributed by atoms with Crippen molar-refractivity contribution in [1.29, 1.82) is 0 Å². The molecule has 0 spiro atoms. The second-order valence-corrected chi connectivity index (χ2v) is 11.7. The Morgan fingerprint density at radius 1 is 0.667 bits per heavy atom. The molecule has 13 heteroatoms. The van der Waals surface area contributed by atoms with Crippen molar-refractivity contribution < 1.29 is 102 Å². The quantitative estimate of drug-likeness (QED) is 0.0505. The van der Waals surface area contributed by atoms with Crippen LogP contribution >= 0.6 is 7.82 Å². The van der Waals surface area contributed by atoms with Crippen molar-refractivity contribution in [1.82, 2.24) is 5.32 Å². The van der Waals surface area contributed by atoms with E-state index < -0.39 is 32.5 Å². The fourth-order valence-corrected chi connectivity index (χ4v) is 4.62. The molecule has 0 bridgehead atoms. The summed E-state index contributed by atoms with van der Waals surface area (Å²) in [6.45, 7) is 3.40. The van der Waals surface area contributed by atoms with Crippen molar-refractivity contribution in [3.63, 3.8) is 0 Å². The second kappa shape index (κ2) is 32.9. The molecule has 236 valence electrons. The van der Waals surface area contributed by atoms with Gasteiger partial charge in [0.25, 0.3) is 0 Å². The van der Waals surface area contributed by atoms with Crippen molar-refractivity contribution >= 4 is 25.7 Å². The van der Waals surface area contributed by atoms with Gasteiger partial charge in [-0.05, 0) is 19.3 Å². The van der Waals surface area contributed by atoms with Crippen LogP contribution in [0.4, 0.5) is 0 Å². The van der Waals surface area contributed by atoms with Crippen molar-refractivity contribution in [2.45, 2.75) is 148 Å². The van der Waals surface area contributed by atoms with E-state index in [0.717, 1.165) is 57.9 Å². The van der Waals surface area contributed by atoms with Gasteiger partial charge < -0.3 is 33.7 Å². The Hall–Kier alpha value is 0.520. The molecule has 0 saturated heterocycles. The molecular weight excluding hydrogens is 583 g/mol. The normalized spacial score (nSPS) is 11.6. The molecule has 0 aliphatic carbocycles. The second-order valence-electron chi connectivity index (χ2n) is 10.5. The van der Waals surface area contributed by atoms with Gasteiger partial charge in [-0.3, -0.25) is 14.4 Å². The maximum absolute atomic E-state index is 12.1. The van der Waals surface area contributed by atoms with Gasteiger partial charge in [0, 0.05) is 26.3 Å². The van der Waals surface area contributed by atoms with Crippen molar-refractivity contribution in [3.8, 4) is 0 Å². The number of esters is 2. The Bertz CT molecular complexity index is 711. The Morgan fingerprint density at radius 2 is 1.10 bits per heavy atom. The van der Waals surface area contributed by atoms with Crippen LogP contribution in [0.2, 0.25) is 0 Å². The summed E-state index contributed by atoms with van der Waals surface area (Å²) in [5, 5.41) is 2.82. The van der Waals surface area contributed by atoms with Gasteiger partial charge in [0.2, 0.25) is 5.91 Å². The summed E-state index contributed by atoms with van der Waals surface area (Å²) < 4.78 is 25.4. The van der Waals surface area contributed by atoms with Gasteiger partial charge in [0.15, 0.2) is 6.10 Å². The van der Waals surface area contributed by atoms with E-state index >= 15 is 0 Å². The molecule has 0 rings (SSSR count). The standard InChI is InChI=1S/C29H56NO9P.2Na/c1-3-4-5-15-19-22-29(33)39-27(25-38-40(34,35)36)24-37-28(32)21-18-16-13-11-9-7-6-8-10-12-14-17-20-23-30-26(2)31;;/h27H,3-25H2,1-2H3,(H,30,31)(H2,34,35,36);;/q;2*+1/p-2/t27-;;/m1../s1. The van der Waals surface area contributed by atoms with E-state index in [1.54, 1.807) is 6.92 Å². The zero-order chi connectivity index (χ0) is 29.9. The van der Waals surface area contributed by atoms with Crippen molar-refractivity contribution in [3.05, 3.63) is 0 Å². The number of phosphoric ester groups is 1. The molecule has 0 fully saturated rings. The fraction of sp³-hybridized carbons (Fsp3) is 0.897. The molecule has 42 heavy (non-hydrogen) atoms. The largest absolute Gasteiger partial charge is 1.00 e. The van der Waals surface area contributed by atoms with E-state index in [0.29, 0.717) is 12.8 Å². The van der Waals surface area contributed by atoms with Crippen LogP contribution < -0.4 is 74.2 Å². The van der Waals surface area contributed by atoms with Crippen LogP contribution in [0.25, 0.3) is 0 Å². The van der Waals surface area contributed by atoms with Gasteiger partial charge in [-0.25, -0.2) is 0 Å². The van der Waals surface area contributed by atoms with Crippen LogP contribution in [0.3, 0.4) is 0 Å². The minimum atomic E-state index is -5.24. The topological polar surface area (TPSA) is 154 Å². The van der Waals surface area contributed by atoms with E-state index in [1.807, 2.05) is 0 Å². The van der Waals surface area contributed by atoms with Crippen molar-refractivity contribution in [2.24, 2.45) is 0 Å². The average molecular weight is 638 g/mol. The summed E-state index contributed by atoms with van der Waals surface area (Å²) in [5.74, 6) is -0.954. The predicted octanol–water partition coefficient (Wildman–Crippen LogP) is -0.747. The first-order valence-electron chi connectivity index (χ1n) is 15.4. The van der Waals surface area contributed by atoms with E-state index in [1.165, 1.54) is 51.4 Å². The SMILES string of the molecule is CCCCCCCC(=O)O[C@H](COC(=O)CCCCCCCCCCCCCCCNC(C)=O)COP(=O)([O-])[O-].[Na+].[Na+]. The Morgan fingerprint density at radius 3 is 1.55 bits per heavy atom. The third kappa shape index (κ3) is 36.7. The number of carbonyl (C=O) groups excluding carboxylic acids is 3. The van der Waals surface area contributed by atoms with Crippen LogP contribution in [0.5, 0.6) is 0 Å². The molecule has 0 heterocycles. The number of nitrogens with one attached hydrogen (secondary N) is 1. The number of carbonyl (C=O) groups is 3. The smallest absolute Gasteiger partial charge is 0.790 e. The number of ether oxygens (including phenoxy) is 2. The van der Waals surface area contributed by atoms with Crippen LogP contribution in [0.1, 0.15) is 142 Å². The summed E-state index contributed by atoms with van der Waals surface area (Å²) in [6, 6.07) is 0. The molecule has 1 N–H and O–H groups in total. The molecule has 1 atom stereocenters. The zero-order valence-electron chi connectivity index (χ0n) is 27.0. The van der Waals surface area contributed by atoms with E-state index in [9.17, 15) is 28.7 Å². The zero-order valence-corrected chi connectivity index (χ0v) is 31.9. The van der Waals surface area contributed by atoms with Crippen molar-refractivity contribution in [2.75, 3.05) is 19.8 Å². The third-order valence-electron chi connectivity index (χ3n) is 6.56. The first-order chi connectivity index (χ1) is 19.1. The van der Waals surface area contributed by atoms with Gasteiger partial charge in [-0.1, -0.05) is 103 Å². The molecule has 1 amide bonds. The van der Waals surface area contributed by atoms with Crippen LogP contribution in [0, 0.1) is 0 Å². The average Bonchev–Trinajstić information content (AvgIpc) is 2.89. The van der Waals surface area contributed by atoms with Gasteiger partial charge in [-0.15, -0.1) is 0 Å². The van der Waals surface area contributed by atoms with Gasteiger partial charge in [0.1, 0.15) is 6.61 Å². The number of phosphoric acid groups is 1. The van der Waals surface area contributed by atoms with Crippen LogP contribution in [-0.2, 0) is 32.9 Å². The molecule has 0 aliphatic heterocycles. The first kappa shape index (κ1) is 46.9. The van der Waals surface area contributed by atoms with E-state index in [-0.39, 0.29) is 84.5 Å². The van der Waals surface area contributed by atoms with E-state index in [2.05, 4.69) is 16.8 Å². The summed E-state index contributed by atoms with van der Waals surface area (Å²) in [5.41, 5.74) is 0. The molecule has 0 saturated carbocycles. The maximum Gasteiger partial charge on any atom is 1.00 e. The van der Waals surface area contributed by atoms with Gasteiger partial charge in [-0.2, -0.15) is 0 Å². The molecule has 0 unspecified atom stereocenters. The van der Waals surface area contributed by atoms with Crippen LogP contribution in [-0.4, -0.2) is 43.7 Å². The minimum absolute atomic E-state index is 0. The number of hydrogen-bond acceptors (Lipinski definition) is 9. The number of hydrogen-bond donors (Lipinski definition) is 1. The fourth-order valence-electron chi connectivity index (χ4n) is 4.27. The summed E-state index contributed by atoms with van der Waals surface area (Å²) in [4.78, 5) is 56.5. The third-order valence-corrected chi connectivity index (χ3v) is 7.03. The Labute approximate surface area is 298 Å². The molecule has 10 nitrogen and oxygen atoms in total. The number of amides is 1. The summed E-state index contributed by atoms with van der Waals surface area (Å²) >= 11 is 0. The van der Waals surface area contributed by atoms with Gasteiger partial charge in [0.05, 0.1) is 14.4 Å². The molecule has 0 aromatic carbocycles. The Kier molecular flexibility index (Phi) is 36.8. The monoisotopic (exact) mass is 637 g/mol. The molecule has 0 aromatic heterocycles. The summed E-state index contributed by atoms with van der Waals surface area (Å²) in [7, 11) is -5.24. The molecule has 0 radical (unpaired) electrons. The molecular formula is C29H54NNa2O9P. The minimum Gasteiger partial charge on any atom is -0.790 e. The van der Waals surface area contributed by atoms with Gasteiger partial charge >= 0.3 is 71.1 Å². The maximum atomic E-state index is 12.1. The number of unbranched alkanes of at least 4 members (excludes halogenated alkanes) is 16. The van der Waals surface area contributed by atoms with Crippen LogP contribution in [0.15, 0.2) is 0 Å².